The van der Waals surface area contributed by atoms with Gasteiger partial charge in [-0.1, -0.05) is 18.2 Å². The first-order valence-electron chi connectivity index (χ1n) is 10.5. The van der Waals surface area contributed by atoms with E-state index in [9.17, 15) is 8.42 Å². The molecule has 1 aliphatic heterocycles. The molecule has 7 nitrogen and oxygen atoms in total. The molecule has 1 aromatic rings. The van der Waals surface area contributed by atoms with Crippen LogP contribution in [0.3, 0.4) is 0 Å². The normalized spacial score (nSPS) is 18.3. The molecule has 0 amide bonds. The van der Waals surface area contributed by atoms with Crippen LogP contribution in [0.25, 0.3) is 0 Å². The van der Waals surface area contributed by atoms with Gasteiger partial charge in [0.1, 0.15) is 0 Å². The van der Waals surface area contributed by atoms with Crippen LogP contribution in [-0.4, -0.2) is 75.3 Å². The first-order valence-corrected chi connectivity index (χ1v) is 12.2. The van der Waals surface area contributed by atoms with E-state index in [4.69, 9.17) is 4.74 Å². The van der Waals surface area contributed by atoms with Gasteiger partial charge < -0.3 is 15.0 Å². The minimum Gasteiger partial charge on any atom is -0.378 e. The van der Waals surface area contributed by atoms with Crippen molar-refractivity contribution >= 4 is 16.0 Å². The molecule has 8 heteroatoms. The second-order valence-electron chi connectivity index (χ2n) is 7.98. The van der Waals surface area contributed by atoms with Crippen molar-refractivity contribution in [1.29, 1.82) is 0 Å². The van der Waals surface area contributed by atoms with Crippen molar-refractivity contribution < 1.29 is 13.2 Å². The predicted octanol–water partition coefficient (Wildman–Crippen LogP) is 1.62. The van der Waals surface area contributed by atoms with Crippen LogP contribution in [-0.2, 0) is 34.1 Å². The highest BCUT2D eigenvalue weighted by Crippen LogP contribution is 2.22. The highest BCUT2D eigenvalue weighted by molar-refractivity contribution is 7.89. The van der Waals surface area contributed by atoms with E-state index < -0.39 is 10.0 Å². The third kappa shape index (κ3) is 5.93. The Morgan fingerprint density at radius 2 is 1.90 bits per heavy atom. The van der Waals surface area contributed by atoms with Crippen LogP contribution < -0.4 is 5.32 Å². The fourth-order valence-corrected chi connectivity index (χ4v) is 5.23. The fourth-order valence-electron chi connectivity index (χ4n) is 3.94. The summed E-state index contributed by atoms with van der Waals surface area (Å²) >= 11 is 0. The lowest BCUT2D eigenvalue weighted by Gasteiger charge is -2.35. The van der Waals surface area contributed by atoms with Gasteiger partial charge in [0.2, 0.25) is 10.0 Å². The van der Waals surface area contributed by atoms with Crippen LogP contribution in [0.5, 0.6) is 0 Å². The molecule has 0 bridgehead atoms. The zero-order valence-electron chi connectivity index (χ0n) is 17.9. The first kappa shape index (κ1) is 22.1. The number of nitrogens with zero attached hydrogens (tertiary/aromatic N) is 3. The third-order valence-electron chi connectivity index (χ3n) is 5.55. The van der Waals surface area contributed by atoms with Crippen LogP contribution in [0.2, 0.25) is 0 Å². The minimum absolute atomic E-state index is 0.0382. The summed E-state index contributed by atoms with van der Waals surface area (Å²) in [5, 5.41) is 3.43. The number of sulfonamides is 1. The average Bonchev–Trinajstić information content (AvgIpc) is 3.16. The number of fused-ring (bicyclic) bond motifs is 1. The number of benzene rings is 1. The molecule has 0 spiro atoms. The van der Waals surface area contributed by atoms with Crippen LogP contribution in [0.1, 0.15) is 37.0 Å². The molecule has 29 heavy (non-hydrogen) atoms. The van der Waals surface area contributed by atoms with Gasteiger partial charge >= 0.3 is 0 Å². The average molecular weight is 423 g/mol. The standard InChI is InChI=1S/C21H34N4O3S/c1-17(2)28-13-14-29(26,27)25-11-9-24(10-12-25)21(22-3)23-16-18-7-8-19-5-4-6-20(19)15-18/h7-8,15,17H,4-6,9-14,16H2,1-3H3,(H,22,23). The number of piperazine rings is 1. The quantitative estimate of drug-likeness (QED) is 0.534. The lowest BCUT2D eigenvalue weighted by atomic mass is 10.1. The molecule has 1 aliphatic carbocycles. The van der Waals surface area contributed by atoms with E-state index >= 15 is 0 Å². The number of hydrogen-bond acceptors (Lipinski definition) is 4. The summed E-state index contributed by atoms with van der Waals surface area (Å²) in [6.07, 6.45) is 3.67. The van der Waals surface area contributed by atoms with Crippen molar-refractivity contribution in [3.05, 3.63) is 34.9 Å². The SMILES string of the molecule is CN=C(NCc1ccc2c(c1)CCC2)N1CCN(S(=O)(=O)CCOC(C)C)CC1. The second-order valence-corrected chi connectivity index (χ2v) is 10.1. The predicted molar refractivity (Wildman–Crippen MR) is 117 cm³/mol. The Balaban J connectivity index is 1.48. The maximum Gasteiger partial charge on any atom is 0.216 e. The van der Waals surface area contributed by atoms with Gasteiger partial charge in [0.15, 0.2) is 5.96 Å². The zero-order valence-corrected chi connectivity index (χ0v) is 18.7. The maximum absolute atomic E-state index is 12.5. The van der Waals surface area contributed by atoms with Gasteiger partial charge in [0.05, 0.1) is 18.5 Å². The minimum atomic E-state index is -3.27. The molecule has 3 rings (SSSR count). The van der Waals surface area contributed by atoms with Crippen LogP contribution in [0, 0.1) is 0 Å². The Morgan fingerprint density at radius 1 is 1.17 bits per heavy atom. The van der Waals surface area contributed by atoms with Crippen molar-refractivity contribution in [2.75, 3.05) is 45.6 Å². The Labute approximate surface area is 175 Å². The molecular weight excluding hydrogens is 388 g/mol. The van der Waals surface area contributed by atoms with Gasteiger partial charge in [-0.3, -0.25) is 4.99 Å². The summed E-state index contributed by atoms with van der Waals surface area (Å²) in [5.41, 5.74) is 4.21. The van der Waals surface area contributed by atoms with Gasteiger partial charge in [-0.15, -0.1) is 0 Å². The molecule has 1 N–H and O–H groups in total. The Morgan fingerprint density at radius 3 is 2.59 bits per heavy atom. The molecule has 1 aromatic carbocycles. The zero-order chi connectivity index (χ0) is 20.9. The van der Waals surface area contributed by atoms with Gasteiger partial charge in [0.25, 0.3) is 0 Å². The summed E-state index contributed by atoms with van der Waals surface area (Å²) in [6, 6.07) is 6.73. The molecule has 1 heterocycles. The molecule has 0 atom stereocenters. The van der Waals surface area contributed by atoms with Crippen molar-refractivity contribution in [2.45, 2.75) is 45.8 Å². The summed E-state index contributed by atoms with van der Waals surface area (Å²) in [7, 11) is -1.50. The van der Waals surface area contributed by atoms with E-state index in [0.29, 0.717) is 26.2 Å². The van der Waals surface area contributed by atoms with E-state index in [-0.39, 0.29) is 18.5 Å². The highest BCUT2D eigenvalue weighted by Gasteiger charge is 2.28. The fraction of sp³-hybridized carbons (Fsp3) is 0.667. The van der Waals surface area contributed by atoms with Gasteiger partial charge in [-0.25, -0.2) is 8.42 Å². The molecule has 1 fully saturated rings. The summed E-state index contributed by atoms with van der Waals surface area (Å²) in [4.78, 5) is 6.53. The number of aliphatic imine (C=N–C) groups is 1. The largest absolute Gasteiger partial charge is 0.378 e. The van der Waals surface area contributed by atoms with Crippen molar-refractivity contribution in [2.24, 2.45) is 4.99 Å². The molecule has 162 valence electrons. The van der Waals surface area contributed by atoms with Gasteiger partial charge in [-0.2, -0.15) is 4.31 Å². The van der Waals surface area contributed by atoms with Crippen LogP contribution in [0.4, 0.5) is 0 Å². The monoisotopic (exact) mass is 422 g/mol. The van der Waals surface area contributed by atoms with Gasteiger partial charge in [0, 0.05) is 39.8 Å². The summed E-state index contributed by atoms with van der Waals surface area (Å²) < 4.78 is 32.0. The van der Waals surface area contributed by atoms with Crippen molar-refractivity contribution in [1.82, 2.24) is 14.5 Å². The van der Waals surface area contributed by atoms with Crippen LogP contribution in [0.15, 0.2) is 23.2 Å². The Hall–Kier alpha value is -1.64. The lowest BCUT2D eigenvalue weighted by Crippen LogP contribution is -2.54. The van der Waals surface area contributed by atoms with Crippen molar-refractivity contribution in [3.63, 3.8) is 0 Å². The van der Waals surface area contributed by atoms with E-state index in [1.165, 1.54) is 36.0 Å². The number of guanidine groups is 1. The topological polar surface area (TPSA) is 74.2 Å². The van der Waals surface area contributed by atoms with E-state index in [1.807, 2.05) is 13.8 Å². The molecule has 0 saturated carbocycles. The second kappa shape index (κ2) is 9.91. The van der Waals surface area contributed by atoms with Crippen LogP contribution >= 0.6 is 0 Å². The number of hydrogen-bond donors (Lipinski definition) is 1. The lowest BCUT2D eigenvalue weighted by molar-refractivity contribution is 0.0904. The highest BCUT2D eigenvalue weighted by atomic mass is 32.2. The number of rotatable bonds is 7. The number of aryl methyl sites for hydroxylation is 2. The Bertz CT molecular complexity index is 815. The molecule has 0 radical (unpaired) electrons. The third-order valence-corrected chi connectivity index (χ3v) is 7.38. The Kier molecular flexibility index (Phi) is 7.54. The number of ether oxygens (including phenoxy) is 1. The molecule has 2 aliphatic rings. The molecular formula is C21H34N4O3S. The summed E-state index contributed by atoms with van der Waals surface area (Å²) in [5.74, 6) is 0.863. The van der Waals surface area contributed by atoms with E-state index in [0.717, 1.165) is 12.5 Å². The summed E-state index contributed by atoms with van der Waals surface area (Å²) in [6.45, 7) is 7.00. The first-order chi connectivity index (χ1) is 13.9. The number of nitrogens with one attached hydrogen (secondary N) is 1. The molecule has 0 unspecified atom stereocenters. The molecule has 0 aromatic heterocycles. The maximum atomic E-state index is 12.5. The van der Waals surface area contributed by atoms with Crippen molar-refractivity contribution in [3.8, 4) is 0 Å². The smallest absolute Gasteiger partial charge is 0.216 e. The van der Waals surface area contributed by atoms with E-state index in [2.05, 4.69) is 33.4 Å². The van der Waals surface area contributed by atoms with E-state index in [1.54, 1.807) is 11.4 Å². The molecule has 1 saturated heterocycles. The van der Waals surface area contributed by atoms with Gasteiger partial charge in [-0.05, 0) is 49.8 Å².